The summed E-state index contributed by atoms with van der Waals surface area (Å²) in [5, 5.41) is 34.7. The largest absolute Gasteiger partial charge is 0.397 e. The van der Waals surface area contributed by atoms with Gasteiger partial charge >= 0.3 is 0 Å². The van der Waals surface area contributed by atoms with Gasteiger partial charge in [0.05, 0.1) is 39.6 Å². The number of anilines is 3. The van der Waals surface area contributed by atoms with Gasteiger partial charge in [-0.15, -0.1) is 0 Å². The van der Waals surface area contributed by atoms with Crippen molar-refractivity contribution in [1.29, 1.82) is 10.5 Å². The van der Waals surface area contributed by atoms with E-state index in [9.17, 15) is 10.1 Å². The van der Waals surface area contributed by atoms with Gasteiger partial charge < -0.3 is 16.4 Å². The van der Waals surface area contributed by atoms with E-state index in [1.165, 1.54) is 37.5 Å². The molecule has 2 aromatic carbocycles. The smallest absolute Gasteiger partial charge is 0.292 e. The Bertz CT molecular complexity index is 1000. The number of nitrogen functional groups attached to an aromatic ring is 1. The second kappa shape index (κ2) is 9.62. The molecule has 4 N–H and O–H groups in total. The molecule has 8 nitrogen and oxygen atoms in total. The van der Waals surface area contributed by atoms with Crippen molar-refractivity contribution in [3.8, 4) is 12.1 Å². The molecule has 0 heterocycles. The zero-order chi connectivity index (χ0) is 21.5. The molecule has 2 aliphatic carbocycles. The number of hydrogen-bond donors (Lipinski definition) is 3. The van der Waals surface area contributed by atoms with E-state index in [4.69, 9.17) is 16.3 Å². The van der Waals surface area contributed by atoms with Gasteiger partial charge in [-0.2, -0.15) is 10.5 Å². The first-order valence-corrected chi connectivity index (χ1v) is 10.0. The maximum atomic E-state index is 10.8. The maximum absolute atomic E-state index is 10.8. The van der Waals surface area contributed by atoms with Crippen molar-refractivity contribution >= 4 is 22.7 Å². The topological polar surface area (TPSA) is 141 Å². The maximum Gasteiger partial charge on any atom is 0.292 e. The minimum atomic E-state index is -0.428. The summed E-state index contributed by atoms with van der Waals surface area (Å²) in [5.41, 5.74) is 8.99. The quantitative estimate of drug-likeness (QED) is 0.377. The summed E-state index contributed by atoms with van der Waals surface area (Å²) in [7, 11) is 0. The van der Waals surface area contributed by atoms with Crippen molar-refractivity contribution in [2.75, 3.05) is 16.4 Å². The van der Waals surface area contributed by atoms with E-state index in [0.29, 0.717) is 28.9 Å². The third-order valence-corrected chi connectivity index (χ3v) is 5.43. The molecule has 0 atom stereocenters. The lowest BCUT2D eigenvalue weighted by atomic mass is 9.93. The van der Waals surface area contributed by atoms with Crippen LogP contribution in [-0.4, -0.2) is 17.0 Å². The lowest BCUT2D eigenvalue weighted by molar-refractivity contribution is -0.384. The molecule has 0 radical (unpaired) electrons. The first-order valence-electron chi connectivity index (χ1n) is 10.0. The number of hydrogen-bond acceptors (Lipinski definition) is 7. The van der Waals surface area contributed by atoms with E-state index in [0.717, 1.165) is 30.6 Å². The highest BCUT2D eigenvalue weighted by molar-refractivity contribution is 5.68. The molecule has 0 saturated heterocycles. The summed E-state index contributed by atoms with van der Waals surface area (Å²) >= 11 is 0. The van der Waals surface area contributed by atoms with Gasteiger partial charge in [0, 0.05) is 18.2 Å². The Hall–Kier alpha value is -3.78. The van der Waals surface area contributed by atoms with E-state index < -0.39 is 4.92 Å². The molecule has 0 amide bonds. The van der Waals surface area contributed by atoms with Crippen LogP contribution in [0.15, 0.2) is 36.4 Å². The first kappa shape index (κ1) is 20.9. The molecule has 0 aliphatic heterocycles. The predicted octanol–water partition coefficient (Wildman–Crippen LogP) is 4.54. The normalized spacial score (nSPS) is 15.3. The zero-order valence-electron chi connectivity index (χ0n) is 16.6. The molecule has 2 saturated carbocycles. The summed E-state index contributed by atoms with van der Waals surface area (Å²) in [6.07, 6.45) is 6.92. The Balaban J connectivity index is 0.000000172. The Morgan fingerprint density at radius 1 is 0.900 bits per heavy atom. The SMILES string of the molecule is N#Cc1ccc(N)c(NC2CCC2)c1.N#Cc1ccc([N+](=O)[O-])c(NC2CCC2)c1. The second-order valence-electron chi connectivity index (χ2n) is 7.56. The molecule has 154 valence electrons. The molecule has 2 aliphatic rings. The number of nitrogens with two attached hydrogens (primary N) is 1. The second-order valence-corrected chi connectivity index (χ2v) is 7.56. The van der Waals surface area contributed by atoms with Crippen molar-refractivity contribution in [2.45, 2.75) is 50.6 Å². The van der Waals surface area contributed by atoms with Crippen LogP contribution in [0.2, 0.25) is 0 Å². The van der Waals surface area contributed by atoms with E-state index in [-0.39, 0.29) is 5.69 Å². The number of nitriles is 2. The Morgan fingerprint density at radius 2 is 1.40 bits per heavy atom. The summed E-state index contributed by atoms with van der Waals surface area (Å²) in [6.45, 7) is 0. The summed E-state index contributed by atoms with van der Waals surface area (Å²) in [5.74, 6) is 0. The molecule has 4 rings (SSSR count). The highest BCUT2D eigenvalue weighted by Gasteiger charge is 2.22. The van der Waals surface area contributed by atoms with Crippen LogP contribution in [0.25, 0.3) is 0 Å². The third-order valence-electron chi connectivity index (χ3n) is 5.43. The summed E-state index contributed by atoms with van der Waals surface area (Å²) in [4.78, 5) is 10.4. The standard InChI is InChI=1S/C11H11N3O2.C11H13N3/c12-7-8-4-5-11(14(15)16)10(6-8)13-9-2-1-3-9;12-7-8-4-5-10(13)11(6-8)14-9-2-1-3-9/h4-6,9,13H,1-3H2;4-6,9,14H,1-3,13H2. The minimum Gasteiger partial charge on any atom is -0.397 e. The van der Waals surface area contributed by atoms with Crippen molar-refractivity contribution < 1.29 is 4.92 Å². The number of rotatable bonds is 5. The van der Waals surface area contributed by atoms with Gasteiger partial charge in [-0.1, -0.05) is 0 Å². The first-order chi connectivity index (χ1) is 14.5. The minimum absolute atomic E-state index is 0.0332. The van der Waals surface area contributed by atoms with Gasteiger partial charge in [0.15, 0.2) is 0 Å². The van der Waals surface area contributed by atoms with Gasteiger partial charge in [-0.05, 0) is 68.9 Å². The van der Waals surface area contributed by atoms with Gasteiger partial charge in [-0.25, -0.2) is 0 Å². The molecule has 30 heavy (non-hydrogen) atoms. The van der Waals surface area contributed by atoms with Crippen LogP contribution >= 0.6 is 0 Å². The van der Waals surface area contributed by atoms with Gasteiger partial charge in [-0.3, -0.25) is 10.1 Å². The van der Waals surface area contributed by atoms with Crippen LogP contribution in [0.1, 0.15) is 49.7 Å². The van der Waals surface area contributed by atoms with Crippen LogP contribution in [0.5, 0.6) is 0 Å². The van der Waals surface area contributed by atoms with Crippen LogP contribution in [0.4, 0.5) is 22.7 Å². The highest BCUT2D eigenvalue weighted by Crippen LogP contribution is 2.30. The average Bonchev–Trinajstić information content (AvgIpc) is 2.69. The average molecular weight is 404 g/mol. The molecule has 0 unspecified atom stereocenters. The van der Waals surface area contributed by atoms with E-state index in [1.807, 2.05) is 12.1 Å². The molecule has 2 fully saturated rings. The van der Waals surface area contributed by atoms with E-state index in [1.54, 1.807) is 12.1 Å². The van der Waals surface area contributed by atoms with Crippen LogP contribution in [0.3, 0.4) is 0 Å². The number of nitro groups is 1. The fraction of sp³-hybridized carbons (Fsp3) is 0.364. The monoisotopic (exact) mass is 404 g/mol. The number of nitro benzene ring substituents is 1. The lowest BCUT2D eigenvalue weighted by Crippen LogP contribution is -2.27. The molecule has 0 aromatic heterocycles. The van der Waals surface area contributed by atoms with Gasteiger partial charge in [0.25, 0.3) is 5.69 Å². The number of benzene rings is 2. The fourth-order valence-electron chi connectivity index (χ4n) is 3.18. The molecule has 8 heteroatoms. The third kappa shape index (κ3) is 5.18. The van der Waals surface area contributed by atoms with E-state index >= 15 is 0 Å². The predicted molar refractivity (Wildman–Crippen MR) is 116 cm³/mol. The Labute approximate surface area is 175 Å². The van der Waals surface area contributed by atoms with Crippen molar-refractivity contribution in [1.82, 2.24) is 0 Å². The summed E-state index contributed by atoms with van der Waals surface area (Å²) in [6, 6.07) is 14.7. The molecular weight excluding hydrogens is 380 g/mol. The number of nitrogens with zero attached hydrogens (tertiary/aromatic N) is 3. The molecule has 0 bridgehead atoms. The lowest BCUT2D eigenvalue weighted by Gasteiger charge is -2.28. The van der Waals surface area contributed by atoms with Crippen LogP contribution in [-0.2, 0) is 0 Å². The molecular formula is C22H24N6O2. The van der Waals surface area contributed by atoms with Gasteiger partial charge in [0.2, 0.25) is 0 Å². The fourth-order valence-corrected chi connectivity index (χ4v) is 3.18. The van der Waals surface area contributed by atoms with Crippen LogP contribution in [0, 0.1) is 32.8 Å². The van der Waals surface area contributed by atoms with E-state index in [2.05, 4.69) is 16.7 Å². The van der Waals surface area contributed by atoms with Crippen molar-refractivity contribution in [3.63, 3.8) is 0 Å². The van der Waals surface area contributed by atoms with Crippen LogP contribution < -0.4 is 16.4 Å². The summed E-state index contributed by atoms with van der Waals surface area (Å²) < 4.78 is 0. The molecule has 0 spiro atoms. The Morgan fingerprint density at radius 3 is 1.87 bits per heavy atom. The highest BCUT2D eigenvalue weighted by atomic mass is 16.6. The Kier molecular flexibility index (Phi) is 6.71. The zero-order valence-corrected chi connectivity index (χ0v) is 16.6. The molecule has 2 aromatic rings. The van der Waals surface area contributed by atoms with Crippen molar-refractivity contribution in [2.24, 2.45) is 0 Å². The van der Waals surface area contributed by atoms with Crippen molar-refractivity contribution in [3.05, 3.63) is 57.6 Å². The number of nitrogens with one attached hydrogen (secondary N) is 2. The van der Waals surface area contributed by atoms with Gasteiger partial charge in [0.1, 0.15) is 5.69 Å².